The van der Waals surface area contributed by atoms with Crippen LogP contribution < -0.4 is 9.47 Å². The topological polar surface area (TPSA) is 133 Å². The van der Waals surface area contributed by atoms with Crippen LogP contribution in [0.5, 0.6) is 11.5 Å². The molecule has 0 spiro atoms. The molecule has 0 radical (unpaired) electrons. The van der Waals surface area contributed by atoms with Gasteiger partial charge in [0.15, 0.2) is 0 Å². The standard InChI is InChI=1S/2C11H10O4S.Ca/c2*1-15-10-6-7-11(16(12,13)14)9-5-3-2-4-8(9)10;/h2*2-7H,1H3,(H,12,13,14);/q;;+2/p-2. The van der Waals surface area contributed by atoms with E-state index in [-0.39, 0.29) is 47.5 Å². The smallest absolute Gasteiger partial charge is 0.744 e. The molecular weight excluding hydrogens is 496 g/mol. The van der Waals surface area contributed by atoms with E-state index in [0.717, 1.165) is 0 Å². The van der Waals surface area contributed by atoms with E-state index in [0.29, 0.717) is 33.0 Å². The van der Waals surface area contributed by atoms with Gasteiger partial charge in [-0.05, 0) is 24.3 Å². The molecule has 0 aromatic heterocycles. The van der Waals surface area contributed by atoms with E-state index >= 15 is 0 Å². The van der Waals surface area contributed by atoms with Gasteiger partial charge in [0.25, 0.3) is 0 Å². The molecule has 4 aromatic carbocycles. The van der Waals surface area contributed by atoms with Crippen LogP contribution in [0.1, 0.15) is 0 Å². The van der Waals surface area contributed by atoms with Gasteiger partial charge in [0.05, 0.1) is 24.0 Å². The molecule has 0 N–H and O–H groups in total. The van der Waals surface area contributed by atoms with Crippen molar-refractivity contribution in [2.75, 3.05) is 14.2 Å². The molecule has 0 bridgehead atoms. The van der Waals surface area contributed by atoms with Crippen LogP contribution in [0.3, 0.4) is 0 Å². The first-order chi connectivity index (χ1) is 15.1. The van der Waals surface area contributed by atoms with Crippen molar-refractivity contribution >= 4 is 79.5 Å². The predicted octanol–water partition coefficient (Wildman–Crippen LogP) is 3.12. The van der Waals surface area contributed by atoms with E-state index in [1.165, 1.54) is 38.5 Å². The van der Waals surface area contributed by atoms with Crippen LogP contribution in [0, 0.1) is 0 Å². The van der Waals surface area contributed by atoms with Gasteiger partial charge in [-0.2, -0.15) is 0 Å². The maximum atomic E-state index is 11.1. The summed E-state index contributed by atoms with van der Waals surface area (Å²) in [6.07, 6.45) is 0. The normalized spacial score (nSPS) is 11.3. The molecule has 0 aliphatic carbocycles. The summed E-state index contributed by atoms with van der Waals surface area (Å²) in [7, 11) is -5.93. The van der Waals surface area contributed by atoms with Gasteiger partial charge >= 0.3 is 37.7 Å². The molecule has 0 saturated heterocycles. The van der Waals surface area contributed by atoms with Crippen LogP contribution in [0.25, 0.3) is 21.5 Å². The van der Waals surface area contributed by atoms with E-state index in [2.05, 4.69) is 0 Å². The molecule has 0 aliphatic rings. The summed E-state index contributed by atoms with van der Waals surface area (Å²) in [5.41, 5.74) is 0. The van der Waals surface area contributed by atoms with Crippen LogP contribution in [0.2, 0.25) is 0 Å². The summed E-state index contributed by atoms with van der Waals surface area (Å²) in [5.74, 6) is 1.09. The van der Waals surface area contributed by atoms with Crippen LogP contribution in [-0.2, 0) is 20.2 Å². The molecule has 33 heavy (non-hydrogen) atoms. The van der Waals surface area contributed by atoms with Crippen LogP contribution in [0.4, 0.5) is 0 Å². The van der Waals surface area contributed by atoms with Gasteiger partial charge in [-0.15, -0.1) is 0 Å². The molecule has 0 unspecified atom stereocenters. The molecule has 11 heteroatoms. The number of fused-ring (bicyclic) bond motifs is 2. The van der Waals surface area contributed by atoms with Gasteiger partial charge in [-0.25, -0.2) is 16.8 Å². The van der Waals surface area contributed by atoms with Gasteiger partial charge in [-0.3, -0.25) is 0 Å². The van der Waals surface area contributed by atoms with E-state index < -0.39 is 20.2 Å². The fraction of sp³-hybridized carbons (Fsp3) is 0.0909. The largest absolute Gasteiger partial charge is 2.00 e. The van der Waals surface area contributed by atoms with Crippen LogP contribution in [-0.4, -0.2) is 77.9 Å². The zero-order chi connectivity index (χ0) is 23.5. The van der Waals surface area contributed by atoms with Crippen molar-refractivity contribution in [1.82, 2.24) is 0 Å². The SMILES string of the molecule is COc1ccc(S(=O)(=O)[O-])c2ccccc12.COc1ccc(S(=O)(=O)[O-])c2ccccc12.[Ca+2]. The summed E-state index contributed by atoms with van der Waals surface area (Å²) in [4.78, 5) is -0.437. The number of hydrogen-bond donors (Lipinski definition) is 0. The summed E-state index contributed by atoms with van der Waals surface area (Å²) in [6, 6.07) is 19.0. The third-order valence-electron chi connectivity index (χ3n) is 4.67. The van der Waals surface area contributed by atoms with Crippen molar-refractivity contribution in [2.24, 2.45) is 0 Å². The Morgan fingerprint density at radius 1 is 0.545 bits per heavy atom. The van der Waals surface area contributed by atoms with Crippen molar-refractivity contribution in [2.45, 2.75) is 9.79 Å². The zero-order valence-electron chi connectivity index (χ0n) is 17.7. The molecule has 0 amide bonds. The average molecular weight is 515 g/mol. The third kappa shape index (κ3) is 6.15. The molecule has 4 aromatic rings. The number of hydrogen-bond acceptors (Lipinski definition) is 8. The number of rotatable bonds is 4. The maximum Gasteiger partial charge on any atom is 2.00 e. The van der Waals surface area contributed by atoms with Gasteiger partial charge in [0, 0.05) is 21.5 Å². The van der Waals surface area contributed by atoms with Crippen molar-refractivity contribution in [3.8, 4) is 11.5 Å². The Morgan fingerprint density at radius 2 is 0.848 bits per heavy atom. The monoisotopic (exact) mass is 514 g/mol. The van der Waals surface area contributed by atoms with Crippen molar-refractivity contribution < 1.29 is 35.4 Å². The van der Waals surface area contributed by atoms with E-state index in [9.17, 15) is 25.9 Å². The fourth-order valence-corrected chi connectivity index (χ4v) is 4.64. The van der Waals surface area contributed by atoms with E-state index in [1.807, 2.05) is 0 Å². The summed E-state index contributed by atoms with van der Waals surface area (Å²) >= 11 is 0. The Hall–Kier alpha value is -1.92. The first-order valence-electron chi connectivity index (χ1n) is 9.11. The Balaban J connectivity index is 0.000000227. The molecule has 0 fully saturated rings. The molecule has 0 aliphatic heterocycles. The van der Waals surface area contributed by atoms with Crippen molar-refractivity contribution in [3.05, 3.63) is 72.8 Å². The average Bonchev–Trinajstić information content (AvgIpc) is 2.76. The summed E-state index contributed by atoms with van der Waals surface area (Å²) in [5, 5.41) is 2.00. The number of benzene rings is 4. The number of ether oxygens (including phenoxy) is 2. The van der Waals surface area contributed by atoms with Crippen LogP contribution >= 0.6 is 0 Å². The van der Waals surface area contributed by atoms with Gasteiger partial charge < -0.3 is 18.6 Å². The van der Waals surface area contributed by atoms with E-state index in [1.54, 1.807) is 48.5 Å². The molecule has 0 saturated carbocycles. The van der Waals surface area contributed by atoms with Gasteiger partial charge in [0.1, 0.15) is 31.7 Å². The predicted molar refractivity (Wildman–Crippen MR) is 123 cm³/mol. The number of methoxy groups -OCH3 is 2. The minimum Gasteiger partial charge on any atom is -0.744 e. The molecule has 0 atom stereocenters. The van der Waals surface area contributed by atoms with Gasteiger partial charge in [0.2, 0.25) is 0 Å². The first-order valence-corrected chi connectivity index (χ1v) is 11.9. The second-order valence-electron chi connectivity index (χ2n) is 6.53. The Bertz CT molecular complexity index is 1380. The minimum atomic E-state index is -4.46. The van der Waals surface area contributed by atoms with E-state index in [4.69, 9.17) is 9.47 Å². The zero-order valence-corrected chi connectivity index (χ0v) is 21.6. The fourth-order valence-electron chi connectivity index (χ4n) is 3.28. The Morgan fingerprint density at radius 3 is 1.12 bits per heavy atom. The molecular formula is C22H18CaO8S2. The van der Waals surface area contributed by atoms with Gasteiger partial charge in [-0.1, -0.05) is 48.5 Å². The van der Waals surface area contributed by atoms with Crippen molar-refractivity contribution in [3.63, 3.8) is 0 Å². The Kier molecular flexibility index (Phi) is 9.11. The summed E-state index contributed by atoms with van der Waals surface area (Å²) in [6.45, 7) is 0. The minimum absolute atomic E-state index is 0. The quantitative estimate of drug-likeness (QED) is 0.300. The summed E-state index contributed by atoms with van der Waals surface area (Å²) < 4.78 is 76.5. The molecule has 168 valence electrons. The maximum absolute atomic E-state index is 11.1. The first kappa shape index (κ1) is 27.3. The third-order valence-corrected chi connectivity index (χ3v) is 6.46. The molecule has 0 heterocycles. The molecule has 8 nitrogen and oxygen atoms in total. The molecule has 4 rings (SSSR count). The second kappa shape index (κ2) is 11.0. The Labute approximate surface area is 221 Å². The van der Waals surface area contributed by atoms with Crippen molar-refractivity contribution in [1.29, 1.82) is 0 Å². The van der Waals surface area contributed by atoms with Crippen LogP contribution in [0.15, 0.2) is 82.6 Å². The second-order valence-corrected chi connectivity index (χ2v) is 9.23.